The number of imide groups is 1. The number of anilines is 1. The Balaban J connectivity index is 1.64. The van der Waals surface area contributed by atoms with Gasteiger partial charge in [-0.15, -0.1) is 0 Å². The summed E-state index contributed by atoms with van der Waals surface area (Å²) in [4.78, 5) is 53.2. The molecule has 3 aromatic carbocycles. The molecule has 0 unspecified atom stereocenters. The number of hydrogen-bond acceptors (Lipinski definition) is 5. The third kappa shape index (κ3) is 2.24. The Kier molecular flexibility index (Phi) is 4.03. The van der Waals surface area contributed by atoms with Crippen LogP contribution in [0.1, 0.15) is 39.3 Å². The number of aryl methyl sites for hydroxylation is 2. The molecule has 7 nitrogen and oxygen atoms in total. The Morgan fingerprint density at radius 1 is 0.912 bits per heavy atom. The van der Waals surface area contributed by atoms with E-state index in [4.69, 9.17) is 0 Å². The maximum atomic E-state index is 14.0. The summed E-state index contributed by atoms with van der Waals surface area (Å²) in [5.74, 6) is -3.26. The van der Waals surface area contributed by atoms with Crippen LogP contribution in [0.3, 0.4) is 0 Å². The number of carbonyl (C=O) groups excluding carboxylic acids is 3. The Labute approximate surface area is 195 Å². The summed E-state index contributed by atoms with van der Waals surface area (Å²) in [6.45, 7) is 3.53. The minimum absolute atomic E-state index is 0.0361. The van der Waals surface area contributed by atoms with Crippen LogP contribution < -0.4 is 4.90 Å². The van der Waals surface area contributed by atoms with Crippen LogP contribution in [0.25, 0.3) is 0 Å². The molecule has 7 rings (SSSR count). The van der Waals surface area contributed by atoms with Crippen LogP contribution in [0.4, 0.5) is 11.4 Å². The molecule has 0 aromatic heterocycles. The van der Waals surface area contributed by atoms with Crippen molar-refractivity contribution in [2.75, 3.05) is 4.90 Å². The van der Waals surface area contributed by atoms with E-state index in [0.29, 0.717) is 5.56 Å². The van der Waals surface area contributed by atoms with Gasteiger partial charge in [-0.25, -0.2) is 4.90 Å². The molecule has 0 saturated carbocycles. The van der Waals surface area contributed by atoms with Crippen molar-refractivity contribution in [3.05, 3.63) is 104 Å². The number of carbonyl (C=O) groups is 3. The van der Waals surface area contributed by atoms with E-state index in [1.807, 2.05) is 48.5 Å². The standard InChI is InChI=1S/C27H20N2O5/c1-14-11-20(21(29(33)34)12-15(14)2)28-25(31)23-22-16-7-3-5-9-18(16)27(13-30,24(23)26(28)32)19-10-6-4-8-17(19)22/h3-13,22-24H,1-2H3/t22?,23-,24+,27?/m0/s1. The Bertz CT molecular complexity index is 1410. The molecule has 2 atom stereocenters. The molecule has 7 heteroatoms. The van der Waals surface area contributed by atoms with Crippen molar-refractivity contribution in [1.29, 1.82) is 0 Å². The highest BCUT2D eigenvalue weighted by atomic mass is 16.6. The van der Waals surface area contributed by atoms with Crippen LogP contribution in [0.15, 0.2) is 60.7 Å². The number of hydrogen-bond donors (Lipinski definition) is 0. The lowest BCUT2D eigenvalue weighted by Crippen LogP contribution is -2.54. The second-order valence-electron chi connectivity index (χ2n) is 9.34. The van der Waals surface area contributed by atoms with Crippen LogP contribution in [0, 0.1) is 35.8 Å². The zero-order chi connectivity index (χ0) is 23.9. The molecule has 2 amide bonds. The number of aldehydes is 1. The highest BCUT2D eigenvalue weighted by Gasteiger charge is 2.68. The number of nitrogens with zero attached hydrogens (tertiary/aromatic N) is 2. The first-order valence-corrected chi connectivity index (χ1v) is 11.1. The molecule has 168 valence electrons. The molecule has 4 aliphatic rings. The molecule has 2 bridgehead atoms. The van der Waals surface area contributed by atoms with Gasteiger partial charge in [-0.3, -0.25) is 19.7 Å². The largest absolute Gasteiger partial charge is 0.302 e. The van der Waals surface area contributed by atoms with Crippen molar-refractivity contribution in [2.45, 2.75) is 25.2 Å². The molecule has 0 N–H and O–H groups in total. The molecule has 1 saturated heterocycles. The molecular formula is C27H20N2O5. The third-order valence-corrected chi connectivity index (χ3v) is 7.90. The fraction of sp³-hybridized carbons (Fsp3) is 0.222. The Morgan fingerprint density at radius 3 is 2.03 bits per heavy atom. The van der Waals surface area contributed by atoms with Gasteiger partial charge in [-0.2, -0.15) is 0 Å². The normalized spacial score (nSPS) is 26.2. The van der Waals surface area contributed by atoms with Crippen molar-refractivity contribution in [3.8, 4) is 0 Å². The van der Waals surface area contributed by atoms with E-state index in [0.717, 1.165) is 39.0 Å². The molecule has 1 aliphatic heterocycles. The number of rotatable bonds is 3. The monoisotopic (exact) mass is 452 g/mol. The van der Waals surface area contributed by atoms with E-state index in [-0.39, 0.29) is 11.4 Å². The molecule has 1 heterocycles. The smallest absolute Gasteiger partial charge is 0.293 e. The number of benzene rings is 3. The summed E-state index contributed by atoms with van der Waals surface area (Å²) in [7, 11) is 0. The van der Waals surface area contributed by atoms with Gasteiger partial charge in [0.1, 0.15) is 12.0 Å². The second-order valence-corrected chi connectivity index (χ2v) is 9.34. The average Bonchev–Trinajstić information content (AvgIpc) is 3.11. The first-order chi connectivity index (χ1) is 16.3. The second kappa shape index (κ2) is 6.70. The fourth-order valence-corrected chi connectivity index (χ4v) is 6.38. The maximum Gasteiger partial charge on any atom is 0.293 e. The zero-order valence-electron chi connectivity index (χ0n) is 18.5. The van der Waals surface area contributed by atoms with Crippen LogP contribution in [0.2, 0.25) is 0 Å². The van der Waals surface area contributed by atoms with Crippen molar-refractivity contribution >= 4 is 29.5 Å². The van der Waals surface area contributed by atoms with Crippen molar-refractivity contribution in [1.82, 2.24) is 0 Å². The van der Waals surface area contributed by atoms with E-state index < -0.39 is 39.9 Å². The Hall–Kier alpha value is -4.13. The van der Waals surface area contributed by atoms with Gasteiger partial charge in [0.05, 0.1) is 22.2 Å². The van der Waals surface area contributed by atoms with Crippen LogP contribution in [-0.2, 0) is 19.8 Å². The summed E-state index contributed by atoms with van der Waals surface area (Å²) in [6, 6.07) is 17.8. The third-order valence-electron chi connectivity index (χ3n) is 7.90. The lowest BCUT2D eigenvalue weighted by atomic mass is 9.48. The van der Waals surface area contributed by atoms with E-state index in [1.165, 1.54) is 12.1 Å². The number of nitro benzene ring substituents is 1. The van der Waals surface area contributed by atoms with Crippen molar-refractivity contribution in [2.24, 2.45) is 11.8 Å². The van der Waals surface area contributed by atoms with E-state index in [9.17, 15) is 24.5 Å². The van der Waals surface area contributed by atoms with Gasteiger partial charge in [0.15, 0.2) is 0 Å². The van der Waals surface area contributed by atoms with E-state index in [1.54, 1.807) is 13.8 Å². The van der Waals surface area contributed by atoms with Gasteiger partial charge >= 0.3 is 0 Å². The molecule has 0 radical (unpaired) electrons. The maximum absolute atomic E-state index is 14.0. The summed E-state index contributed by atoms with van der Waals surface area (Å²) >= 11 is 0. The zero-order valence-corrected chi connectivity index (χ0v) is 18.5. The highest BCUT2D eigenvalue weighted by molar-refractivity contribution is 6.25. The number of amides is 2. The van der Waals surface area contributed by atoms with E-state index >= 15 is 0 Å². The van der Waals surface area contributed by atoms with Gasteiger partial charge < -0.3 is 4.79 Å². The molecule has 0 spiro atoms. The van der Waals surface area contributed by atoms with Gasteiger partial charge in [0.2, 0.25) is 11.8 Å². The quantitative estimate of drug-likeness (QED) is 0.259. The molecule has 3 aromatic rings. The first kappa shape index (κ1) is 20.5. The predicted molar refractivity (Wildman–Crippen MR) is 124 cm³/mol. The highest BCUT2D eigenvalue weighted by Crippen LogP contribution is 2.63. The van der Waals surface area contributed by atoms with Gasteiger partial charge in [0.25, 0.3) is 5.69 Å². The minimum Gasteiger partial charge on any atom is -0.302 e. The van der Waals surface area contributed by atoms with E-state index in [2.05, 4.69) is 0 Å². The van der Waals surface area contributed by atoms with Crippen molar-refractivity contribution in [3.63, 3.8) is 0 Å². The first-order valence-electron chi connectivity index (χ1n) is 11.1. The lowest BCUT2D eigenvalue weighted by Gasteiger charge is -2.51. The van der Waals surface area contributed by atoms with Crippen LogP contribution in [-0.4, -0.2) is 23.0 Å². The van der Waals surface area contributed by atoms with Crippen LogP contribution in [0.5, 0.6) is 0 Å². The minimum atomic E-state index is -1.33. The van der Waals surface area contributed by atoms with Crippen LogP contribution >= 0.6 is 0 Å². The summed E-state index contributed by atoms with van der Waals surface area (Å²) in [6.07, 6.45) is 0.793. The molecular weight excluding hydrogens is 432 g/mol. The average molecular weight is 452 g/mol. The topological polar surface area (TPSA) is 97.6 Å². The van der Waals surface area contributed by atoms with Gasteiger partial charge in [-0.05, 0) is 53.3 Å². The number of nitro groups is 1. The van der Waals surface area contributed by atoms with Crippen molar-refractivity contribution < 1.29 is 19.3 Å². The predicted octanol–water partition coefficient (Wildman–Crippen LogP) is 3.96. The SMILES string of the molecule is Cc1cc(N2C(=O)[C@H]3C4c5ccccc5C(C=O)(c5ccccc54)[C@H]3C2=O)c([N+](=O)[O-])cc1C. The molecule has 34 heavy (non-hydrogen) atoms. The van der Waals surface area contributed by atoms with Gasteiger partial charge in [0, 0.05) is 12.0 Å². The summed E-state index contributed by atoms with van der Waals surface area (Å²) < 4.78 is 0. The summed E-state index contributed by atoms with van der Waals surface area (Å²) in [5.41, 5.74) is 2.92. The lowest BCUT2D eigenvalue weighted by molar-refractivity contribution is -0.384. The fourth-order valence-electron chi connectivity index (χ4n) is 6.38. The Morgan fingerprint density at radius 2 is 1.47 bits per heavy atom. The molecule has 1 fully saturated rings. The van der Waals surface area contributed by atoms with Gasteiger partial charge in [-0.1, -0.05) is 48.5 Å². The molecule has 3 aliphatic carbocycles. The summed E-state index contributed by atoms with van der Waals surface area (Å²) in [5, 5.41) is 11.9.